The first kappa shape index (κ1) is 18.9. The van der Waals surface area contributed by atoms with Crippen LogP contribution in [0.25, 0.3) is 6.08 Å². The molecule has 1 heterocycles. The van der Waals surface area contributed by atoms with E-state index in [0.717, 1.165) is 35.4 Å². The normalized spacial score (nSPS) is 13.7. The Kier molecular flexibility index (Phi) is 5.75. The molecule has 1 aliphatic heterocycles. The third-order valence-corrected chi connectivity index (χ3v) is 4.52. The SMILES string of the molecule is CC(=O)c1ccc2c(c1)N(C(=O)/C=C/c1cccc(OC(C)C)c1)CCC2. The molecule has 0 fully saturated rings. The molecule has 4 heteroatoms. The van der Waals surface area contributed by atoms with Crippen LogP contribution in [-0.4, -0.2) is 24.3 Å². The lowest BCUT2D eigenvalue weighted by molar-refractivity contribution is -0.114. The highest BCUT2D eigenvalue weighted by Gasteiger charge is 2.21. The molecule has 0 aromatic heterocycles. The summed E-state index contributed by atoms with van der Waals surface area (Å²) in [5.41, 5.74) is 3.51. The summed E-state index contributed by atoms with van der Waals surface area (Å²) in [4.78, 5) is 26.3. The van der Waals surface area contributed by atoms with Crippen LogP contribution in [0.2, 0.25) is 0 Å². The van der Waals surface area contributed by atoms with Crippen molar-refractivity contribution in [2.75, 3.05) is 11.4 Å². The molecule has 0 aliphatic carbocycles. The molecule has 0 saturated heterocycles. The Balaban J connectivity index is 1.80. The molecule has 0 spiro atoms. The molecule has 0 atom stereocenters. The molecule has 0 bridgehead atoms. The van der Waals surface area contributed by atoms with Gasteiger partial charge in [0.25, 0.3) is 5.91 Å². The van der Waals surface area contributed by atoms with Crippen LogP contribution >= 0.6 is 0 Å². The third kappa shape index (κ3) is 4.64. The Hall–Kier alpha value is -2.88. The van der Waals surface area contributed by atoms with Crippen LogP contribution in [-0.2, 0) is 11.2 Å². The number of ether oxygens (including phenoxy) is 1. The summed E-state index contributed by atoms with van der Waals surface area (Å²) in [5.74, 6) is 0.717. The molecule has 2 aromatic rings. The molecule has 3 rings (SSSR count). The zero-order valence-corrected chi connectivity index (χ0v) is 16.1. The lowest BCUT2D eigenvalue weighted by Gasteiger charge is -2.29. The summed E-state index contributed by atoms with van der Waals surface area (Å²) >= 11 is 0. The first-order valence-electron chi connectivity index (χ1n) is 9.34. The molecule has 0 radical (unpaired) electrons. The molecule has 0 unspecified atom stereocenters. The number of rotatable bonds is 5. The van der Waals surface area contributed by atoms with Crippen molar-refractivity contribution in [2.24, 2.45) is 0 Å². The highest BCUT2D eigenvalue weighted by Crippen LogP contribution is 2.29. The number of hydrogen-bond acceptors (Lipinski definition) is 3. The molecule has 1 amide bonds. The summed E-state index contributed by atoms with van der Waals surface area (Å²) in [5, 5.41) is 0. The smallest absolute Gasteiger partial charge is 0.250 e. The summed E-state index contributed by atoms with van der Waals surface area (Å²) in [6.45, 7) is 6.17. The van der Waals surface area contributed by atoms with Crippen LogP contribution < -0.4 is 9.64 Å². The van der Waals surface area contributed by atoms with Gasteiger partial charge in [-0.15, -0.1) is 0 Å². The van der Waals surface area contributed by atoms with Gasteiger partial charge in [-0.25, -0.2) is 0 Å². The monoisotopic (exact) mass is 363 g/mol. The summed E-state index contributed by atoms with van der Waals surface area (Å²) in [7, 11) is 0. The van der Waals surface area contributed by atoms with Gasteiger partial charge in [-0.05, 0) is 69.0 Å². The van der Waals surface area contributed by atoms with Crippen molar-refractivity contribution >= 4 is 23.5 Å². The molecule has 140 valence electrons. The van der Waals surface area contributed by atoms with Crippen LogP contribution in [0, 0.1) is 0 Å². The fourth-order valence-corrected chi connectivity index (χ4v) is 3.24. The number of fused-ring (bicyclic) bond motifs is 1. The number of benzene rings is 2. The minimum Gasteiger partial charge on any atom is -0.491 e. The Morgan fingerprint density at radius 2 is 1.96 bits per heavy atom. The minimum absolute atomic E-state index is 0.00767. The fourth-order valence-electron chi connectivity index (χ4n) is 3.24. The molecule has 0 N–H and O–H groups in total. The van der Waals surface area contributed by atoms with Crippen molar-refractivity contribution < 1.29 is 14.3 Å². The minimum atomic E-state index is -0.0770. The number of carbonyl (C=O) groups excluding carboxylic acids is 2. The Morgan fingerprint density at radius 3 is 2.70 bits per heavy atom. The van der Waals surface area contributed by atoms with E-state index in [1.54, 1.807) is 24.0 Å². The van der Waals surface area contributed by atoms with Crippen molar-refractivity contribution in [2.45, 2.75) is 39.7 Å². The van der Waals surface area contributed by atoms with E-state index in [9.17, 15) is 9.59 Å². The molecule has 0 saturated carbocycles. The maximum atomic E-state index is 12.8. The number of hydrogen-bond donors (Lipinski definition) is 0. The number of aryl methyl sites for hydroxylation is 1. The van der Waals surface area contributed by atoms with Crippen molar-refractivity contribution in [1.29, 1.82) is 0 Å². The molecule has 1 aliphatic rings. The number of nitrogens with zero attached hydrogens (tertiary/aromatic N) is 1. The predicted molar refractivity (Wildman–Crippen MR) is 108 cm³/mol. The highest BCUT2D eigenvalue weighted by molar-refractivity contribution is 6.05. The van der Waals surface area contributed by atoms with Gasteiger partial charge in [0, 0.05) is 23.9 Å². The lowest BCUT2D eigenvalue weighted by atomic mass is 9.98. The van der Waals surface area contributed by atoms with Gasteiger partial charge < -0.3 is 9.64 Å². The maximum absolute atomic E-state index is 12.8. The zero-order valence-electron chi connectivity index (χ0n) is 16.1. The molecule has 27 heavy (non-hydrogen) atoms. The second-order valence-corrected chi connectivity index (χ2v) is 7.07. The van der Waals surface area contributed by atoms with E-state index in [1.165, 1.54) is 0 Å². The van der Waals surface area contributed by atoms with Crippen LogP contribution in [0.15, 0.2) is 48.5 Å². The number of amides is 1. The molecule has 4 nitrogen and oxygen atoms in total. The van der Waals surface area contributed by atoms with E-state index in [1.807, 2.05) is 56.3 Å². The average Bonchev–Trinajstić information content (AvgIpc) is 2.65. The Bertz CT molecular complexity index is 883. The van der Waals surface area contributed by atoms with E-state index >= 15 is 0 Å². The second kappa shape index (κ2) is 8.21. The van der Waals surface area contributed by atoms with Gasteiger partial charge in [0.05, 0.1) is 6.10 Å². The van der Waals surface area contributed by atoms with Crippen molar-refractivity contribution in [3.05, 3.63) is 65.2 Å². The van der Waals surface area contributed by atoms with Gasteiger partial charge in [0.15, 0.2) is 5.78 Å². The van der Waals surface area contributed by atoms with E-state index in [2.05, 4.69) is 0 Å². The van der Waals surface area contributed by atoms with E-state index < -0.39 is 0 Å². The van der Waals surface area contributed by atoms with Gasteiger partial charge in [-0.3, -0.25) is 9.59 Å². The van der Waals surface area contributed by atoms with Crippen LogP contribution in [0.4, 0.5) is 5.69 Å². The van der Waals surface area contributed by atoms with Gasteiger partial charge >= 0.3 is 0 Å². The topological polar surface area (TPSA) is 46.6 Å². The van der Waals surface area contributed by atoms with Crippen molar-refractivity contribution in [3.63, 3.8) is 0 Å². The Morgan fingerprint density at radius 1 is 1.15 bits per heavy atom. The molecule has 2 aromatic carbocycles. The van der Waals surface area contributed by atoms with Crippen LogP contribution in [0.1, 0.15) is 48.7 Å². The van der Waals surface area contributed by atoms with Gasteiger partial charge in [-0.2, -0.15) is 0 Å². The van der Waals surface area contributed by atoms with E-state index in [0.29, 0.717) is 12.1 Å². The molecular formula is C23H25NO3. The molecular weight excluding hydrogens is 338 g/mol. The standard InChI is InChI=1S/C23H25NO3/c1-16(2)27-21-8-4-6-18(14-21)9-12-23(26)24-13-5-7-19-10-11-20(17(3)25)15-22(19)24/h4,6,8-12,14-16H,5,7,13H2,1-3H3/b12-9+. The number of carbonyl (C=O) groups is 2. The third-order valence-electron chi connectivity index (χ3n) is 4.52. The van der Waals surface area contributed by atoms with Crippen molar-refractivity contribution in [1.82, 2.24) is 0 Å². The van der Waals surface area contributed by atoms with E-state index in [-0.39, 0.29) is 17.8 Å². The predicted octanol–water partition coefficient (Wildman–Crippen LogP) is 4.67. The highest BCUT2D eigenvalue weighted by atomic mass is 16.5. The first-order chi connectivity index (χ1) is 12.9. The fraction of sp³-hybridized carbons (Fsp3) is 0.304. The lowest BCUT2D eigenvalue weighted by Crippen LogP contribution is -2.34. The largest absolute Gasteiger partial charge is 0.491 e. The van der Waals surface area contributed by atoms with Gasteiger partial charge in [-0.1, -0.05) is 24.3 Å². The summed E-state index contributed by atoms with van der Waals surface area (Å²) in [6, 6.07) is 13.3. The number of anilines is 1. The van der Waals surface area contributed by atoms with Crippen LogP contribution in [0.3, 0.4) is 0 Å². The Labute approximate surface area is 160 Å². The van der Waals surface area contributed by atoms with E-state index in [4.69, 9.17) is 4.74 Å². The maximum Gasteiger partial charge on any atom is 0.250 e. The average molecular weight is 363 g/mol. The number of Topliss-reactive ketones (excluding diaryl/α,β-unsaturated/α-hetero) is 1. The quantitative estimate of drug-likeness (QED) is 0.573. The van der Waals surface area contributed by atoms with Crippen molar-refractivity contribution in [3.8, 4) is 5.75 Å². The zero-order chi connectivity index (χ0) is 19.4. The van der Waals surface area contributed by atoms with Gasteiger partial charge in [0.1, 0.15) is 5.75 Å². The summed E-state index contributed by atoms with van der Waals surface area (Å²) < 4.78 is 5.70. The van der Waals surface area contributed by atoms with Gasteiger partial charge in [0.2, 0.25) is 0 Å². The first-order valence-corrected chi connectivity index (χ1v) is 9.34. The second-order valence-electron chi connectivity index (χ2n) is 7.07. The summed E-state index contributed by atoms with van der Waals surface area (Å²) in [6.07, 6.45) is 5.34. The van der Waals surface area contributed by atoms with Crippen LogP contribution in [0.5, 0.6) is 5.75 Å². The number of ketones is 1.